The van der Waals surface area contributed by atoms with Crippen LogP contribution in [0.15, 0.2) is 42.5 Å². The molecule has 2 nitrogen and oxygen atoms in total. The van der Waals surface area contributed by atoms with E-state index in [2.05, 4.69) is 58.8 Å². The quantitative estimate of drug-likeness (QED) is 0.879. The van der Waals surface area contributed by atoms with Crippen LogP contribution in [0, 0.1) is 6.07 Å². The molecule has 2 aromatic rings. The third-order valence-electron chi connectivity index (χ3n) is 3.40. The lowest BCUT2D eigenvalue weighted by molar-refractivity contribution is 0.878. The Morgan fingerprint density at radius 2 is 2.00 bits per heavy atom. The van der Waals surface area contributed by atoms with Crippen LogP contribution >= 0.6 is 0 Å². The van der Waals surface area contributed by atoms with Crippen molar-refractivity contribution in [1.82, 2.24) is 5.32 Å². The fourth-order valence-electron chi connectivity index (χ4n) is 2.30. The van der Waals surface area contributed by atoms with Crippen LogP contribution in [-0.2, 0) is 6.54 Å². The summed E-state index contributed by atoms with van der Waals surface area (Å²) in [7, 11) is 4.07. The molecule has 1 N–H and O–H groups in total. The molecular formula is C17H17N2. The van der Waals surface area contributed by atoms with Crippen LogP contribution in [0.1, 0.15) is 16.7 Å². The van der Waals surface area contributed by atoms with Crippen molar-refractivity contribution in [1.29, 1.82) is 0 Å². The van der Waals surface area contributed by atoms with Crippen LogP contribution in [0.3, 0.4) is 0 Å². The minimum absolute atomic E-state index is 0.887. The van der Waals surface area contributed by atoms with E-state index in [1.807, 2.05) is 20.2 Å². The van der Waals surface area contributed by atoms with Gasteiger partial charge in [-0.1, -0.05) is 36.4 Å². The topological polar surface area (TPSA) is 15.3 Å². The first kappa shape index (κ1) is 11.8. The average molecular weight is 249 g/mol. The monoisotopic (exact) mass is 249 g/mol. The molecule has 2 heteroatoms. The third kappa shape index (κ3) is 2.34. The van der Waals surface area contributed by atoms with Gasteiger partial charge in [-0.05, 0) is 28.8 Å². The van der Waals surface area contributed by atoms with Gasteiger partial charge in [0.2, 0.25) is 0 Å². The van der Waals surface area contributed by atoms with Crippen LogP contribution in [-0.4, -0.2) is 14.1 Å². The molecule has 1 aliphatic rings. The number of benzene rings is 2. The van der Waals surface area contributed by atoms with Gasteiger partial charge in [0.15, 0.2) is 0 Å². The van der Waals surface area contributed by atoms with Crippen LogP contribution in [0.5, 0.6) is 0 Å². The first-order chi connectivity index (χ1) is 9.24. The Hall–Kier alpha value is -2.22. The molecule has 0 fully saturated rings. The zero-order valence-electron chi connectivity index (χ0n) is 11.3. The number of hydrogen-bond donors (Lipinski definition) is 1. The highest BCUT2D eigenvalue weighted by Crippen LogP contribution is 2.25. The average Bonchev–Trinajstić information content (AvgIpc) is 2.47. The Balaban J connectivity index is 2.00. The largest absolute Gasteiger partial charge is 0.380 e. The minimum atomic E-state index is 0.887. The van der Waals surface area contributed by atoms with E-state index in [0.29, 0.717) is 0 Å². The van der Waals surface area contributed by atoms with Crippen LogP contribution in [0.4, 0.5) is 5.69 Å². The van der Waals surface area contributed by atoms with Gasteiger partial charge < -0.3 is 10.2 Å². The summed E-state index contributed by atoms with van der Waals surface area (Å²) < 4.78 is 0. The molecule has 95 valence electrons. The first-order valence-corrected chi connectivity index (χ1v) is 6.47. The molecule has 0 spiro atoms. The molecule has 0 aliphatic carbocycles. The Labute approximate surface area is 114 Å². The lowest BCUT2D eigenvalue weighted by Gasteiger charge is -2.20. The molecule has 0 saturated carbocycles. The smallest absolute Gasteiger partial charge is 0.0448 e. The van der Waals surface area contributed by atoms with Gasteiger partial charge >= 0.3 is 0 Å². The summed E-state index contributed by atoms with van der Waals surface area (Å²) in [5.41, 5.74) is 6.13. The number of anilines is 1. The van der Waals surface area contributed by atoms with Crippen LogP contribution < -0.4 is 10.2 Å². The molecule has 19 heavy (non-hydrogen) atoms. The normalized spacial score (nSPS) is 13.3. The second-order valence-electron chi connectivity index (χ2n) is 4.97. The van der Waals surface area contributed by atoms with Gasteiger partial charge in [-0.15, -0.1) is 0 Å². The molecule has 0 amide bonds. The lowest BCUT2D eigenvalue weighted by Crippen LogP contribution is -2.17. The van der Waals surface area contributed by atoms with Crippen molar-refractivity contribution in [2.24, 2.45) is 0 Å². The Bertz CT molecular complexity index is 627. The molecule has 0 atom stereocenters. The molecule has 3 rings (SSSR count). The fraction of sp³-hybridized carbons (Fsp3) is 0.176. The van der Waals surface area contributed by atoms with E-state index in [9.17, 15) is 0 Å². The van der Waals surface area contributed by atoms with Crippen molar-refractivity contribution < 1.29 is 0 Å². The van der Waals surface area contributed by atoms with Gasteiger partial charge in [0, 0.05) is 38.1 Å². The summed E-state index contributed by atoms with van der Waals surface area (Å²) in [5.74, 6) is 0. The molecule has 0 bridgehead atoms. The van der Waals surface area contributed by atoms with E-state index in [1.54, 1.807) is 0 Å². The van der Waals surface area contributed by atoms with E-state index >= 15 is 0 Å². The van der Waals surface area contributed by atoms with Crippen molar-refractivity contribution in [2.45, 2.75) is 6.54 Å². The Morgan fingerprint density at radius 1 is 1.16 bits per heavy atom. The number of hydrogen-bond acceptors (Lipinski definition) is 2. The van der Waals surface area contributed by atoms with Gasteiger partial charge in [0.25, 0.3) is 0 Å². The molecule has 2 aromatic carbocycles. The van der Waals surface area contributed by atoms with Gasteiger partial charge in [-0.2, -0.15) is 0 Å². The highest BCUT2D eigenvalue weighted by atomic mass is 15.1. The van der Waals surface area contributed by atoms with Crippen molar-refractivity contribution in [3.63, 3.8) is 0 Å². The second-order valence-corrected chi connectivity index (χ2v) is 4.97. The van der Waals surface area contributed by atoms with Gasteiger partial charge in [-0.3, -0.25) is 0 Å². The van der Waals surface area contributed by atoms with Crippen LogP contribution in [0.2, 0.25) is 0 Å². The summed E-state index contributed by atoms with van der Waals surface area (Å²) in [5, 5.41) is 3.49. The summed E-state index contributed by atoms with van der Waals surface area (Å²) in [6.07, 6.45) is 2.22. The van der Waals surface area contributed by atoms with E-state index < -0.39 is 0 Å². The maximum Gasteiger partial charge on any atom is 0.0448 e. The first-order valence-electron chi connectivity index (χ1n) is 6.47. The predicted octanol–water partition coefficient (Wildman–Crippen LogP) is 3.15. The van der Waals surface area contributed by atoms with E-state index in [-0.39, 0.29) is 0 Å². The third-order valence-corrected chi connectivity index (χ3v) is 3.40. The van der Waals surface area contributed by atoms with Crippen molar-refractivity contribution in [3.8, 4) is 0 Å². The molecular weight excluding hydrogens is 232 g/mol. The van der Waals surface area contributed by atoms with Crippen molar-refractivity contribution >= 4 is 17.5 Å². The molecule has 1 heterocycles. The molecule has 0 aromatic heterocycles. The maximum atomic E-state index is 3.49. The van der Waals surface area contributed by atoms with Gasteiger partial charge in [0.05, 0.1) is 0 Å². The summed E-state index contributed by atoms with van der Waals surface area (Å²) in [6.45, 7) is 0.887. The predicted molar refractivity (Wildman–Crippen MR) is 80.8 cm³/mol. The van der Waals surface area contributed by atoms with E-state index in [1.165, 1.54) is 22.4 Å². The summed E-state index contributed by atoms with van der Waals surface area (Å²) in [6, 6.07) is 18.0. The minimum Gasteiger partial charge on any atom is -0.380 e. The van der Waals surface area contributed by atoms with Crippen molar-refractivity contribution in [2.75, 3.05) is 19.0 Å². The zero-order valence-corrected chi connectivity index (χ0v) is 11.3. The highest BCUT2D eigenvalue weighted by Gasteiger charge is 2.10. The second kappa shape index (κ2) is 4.81. The maximum absolute atomic E-state index is 3.49. The molecule has 0 unspecified atom stereocenters. The fourth-order valence-corrected chi connectivity index (χ4v) is 2.30. The van der Waals surface area contributed by atoms with Crippen molar-refractivity contribution in [3.05, 3.63) is 65.2 Å². The standard InChI is InChI=1S/C17H17N2/c1-19(2)16-9-5-8-14(10-16)17-11-13-6-3-4-7-15(13)12-18-17/h3-8,10-11,18H,12H2,1-2H3. The van der Waals surface area contributed by atoms with Gasteiger partial charge in [0.1, 0.15) is 0 Å². The Kier molecular flexibility index (Phi) is 3.00. The zero-order chi connectivity index (χ0) is 13.2. The number of nitrogens with zero attached hydrogens (tertiary/aromatic N) is 1. The highest BCUT2D eigenvalue weighted by molar-refractivity contribution is 5.83. The van der Waals surface area contributed by atoms with E-state index in [4.69, 9.17) is 0 Å². The summed E-state index contributed by atoms with van der Waals surface area (Å²) >= 11 is 0. The van der Waals surface area contributed by atoms with Gasteiger partial charge in [-0.25, -0.2) is 0 Å². The van der Waals surface area contributed by atoms with Crippen LogP contribution in [0.25, 0.3) is 11.8 Å². The Morgan fingerprint density at radius 3 is 2.84 bits per heavy atom. The molecule has 0 saturated heterocycles. The molecule has 1 radical (unpaired) electrons. The lowest BCUT2D eigenvalue weighted by atomic mass is 10.00. The number of fused-ring (bicyclic) bond motifs is 1. The molecule has 1 aliphatic heterocycles. The summed E-state index contributed by atoms with van der Waals surface area (Å²) in [4.78, 5) is 2.07. The number of rotatable bonds is 2. The number of nitrogens with one attached hydrogen (secondary N) is 1. The van der Waals surface area contributed by atoms with E-state index in [0.717, 1.165) is 12.2 Å². The SMILES string of the molecule is CN(C)c1[c]ccc(C2=Cc3ccccc3CN2)c1.